The van der Waals surface area contributed by atoms with Crippen LogP contribution in [0.2, 0.25) is 0 Å². The minimum Gasteiger partial charge on any atom is -0.507 e. The van der Waals surface area contributed by atoms with Crippen molar-refractivity contribution in [2.45, 2.75) is 19.3 Å². The number of fused-ring (bicyclic) bond motifs is 2. The summed E-state index contributed by atoms with van der Waals surface area (Å²) in [5.74, 6) is -0.213. The van der Waals surface area contributed by atoms with E-state index in [9.17, 15) is 15.0 Å². The van der Waals surface area contributed by atoms with Crippen LogP contribution in [-0.4, -0.2) is 16.0 Å². The minimum atomic E-state index is -0.114. The number of ketones is 1. The van der Waals surface area contributed by atoms with Crippen LogP contribution in [0.25, 0.3) is 10.8 Å². The Morgan fingerprint density at radius 1 is 1.05 bits per heavy atom. The summed E-state index contributed by atoms with van der Waals surface area (Å²) in [6.45, 7) is 0. The maximum atomic E-state index is 12.0. The van der Waals surface area contributed by atoms with Gasteiger partial charge in [0.1, 0.15) is 11.5 Å². The average molecular weight is 386 g/mol. The monoisotopic (exact) mass is 384 g/mol. The van der Waals surface area contributed by atoms with E-state index in [4.69, 9.17) is 0 Å². The van der Waals surface area contributed by atoms with Gasteiger partial charge in [0.2, 0.25) is 0 Å². The van der Waals surface area contributed by atoms with Gasteiger partial charge in [0, 0.05) is 20.8 Å². The molecule has 0 heterocycles. The van der Waals surface area contributed by atoms with Gasteiger partial charge in [-0.25, -0.2) is 0 Å². The van der Waals surface area contributed by atoms with Crippen LogP contribution >= 0.6 is 31.9 Å². The lowest BCUT2D eigenvalue weighted by atomic mass is 9.87. The van der Waals surface area contributed by atoms with Crippen LogP contribution in [0.3, 0.4) is 0 Å². The standard InChI is InChI=1S/C14H10Br2O3/c15-7-4-5-9(18)12-11(7)13(16)6-2-1-3-8(17)10(6)14(12)19/h4-5,18-19H,1-3H2. The summed E-state index contributed by atoms with van der Waals surface area (Å²) >= 11 is 6.93. The molecule has 2 aromatic rings. The topological polar surface area (TPSA) is 57.5 Å². The summed E-state index contributed by atoms with van der Waals surface area (Å²) in [6, 6.07) is 3.22. The van der Waals surface area contributed by atoms with Crippen molar-refractivity contribution in [2.24, 2.45) is 0 Å². The Morgan fingerprint density at radius 2 is 1.79 bits per heavy atom. The first-order valence-corrected chi connectivity index (χ1v) is 7.48. The highest BCUT2D eigenvalue weighted by atomic mass is 79.9. The lowest BCUT2D eigenvalue weighted by molar-refractivity contribution is 0.0970. The third kappa shape index (κ3) is 1.79. The fourth-order valence-electron chi connectivity index (χ4n) is 2.63. The molecule has 98 valence electrons. The Kier molecular flexibility index (Phi) is 3.06. The van der Waals surface area contributed by atoms with E-state index in [1.807, 2.05) is 0 Å². The molecular weight excluding hydrogens is 376 g/mol. The second-order valence-corrected chi connectivity index (χ2v) is 6.26. The summed E-state index contributed by atoms with van der Waals surface area (Å²) < 4.78 is 1.54. The molecule has 0 aromatic heterocycles. The molecule has 0 radical (unpaired) electrons. The first kappa shape index (κ1) is 12.9. The molecule has 3 rings (SSSR count). The predicted octanol–water partition coefficient (Wildman–Crippen LogP) is 4.30. The van der Waals surface area contributed by atoms with Crippen molar-refractivity contribution < 1.29 is 15.0 Å². The molecule has 0 bridgehead atoms. The predicted molar refractivity (Wildman–Crippen MR) is 79.9 cm³/mol. The Hall–Kier alpha value is -1.07. The van der Waals surface area contributed by atoms with Gasteiger partial charge in [-0.2, -0.15) is 0 Å². The van der Waals surface area contributed by atoms with Crippen molar-refractivity contribution in [1.29, 1.82) is 0 Å². The summed E-state index contributed by atoms with van der Waals surface area (Å²) in [4.78, 5) is 12.0. The zero-order valence-electron chi connectivity index (χ0n) is 9.83. The van der Waals surface area contributed by atoms with E-state index in [-0.39, 0.29) is 17.3 Å². The van der Waals surface area contributed by atoms with Crippen molar-refractivity contribution in [3.8, 4) is 11.5 Å². The second-order valence-electron chi connectivity index (χ2n) is 4.61. The lowest BCUT2D eigenvalue weighted by Crippen LogP contribution is -2.12. The molecule has 1 aliphatic rings. The van der Waals surface area contributed by atoms with Crippen LogP contribution in [0.15, 0.2) is 21.1 Å². The molecule has 0 atom stereocenters. The Morgan fingerprint density at radius 3 is 2.53 bits per heavy atom. The smallest absolute Gasteiger partial charge is 0.166 e. The quantitative estimate of drug-likeness (QED) is 0.710. The van der Waals surface area contributed by atoms with Gasteiger partial charge in [0.05, 0.1) is 10.9 Å². The molecule has 0 amide bonds. The van der Waals surface area contributed by atoms with Crippen LogP contribution in [0, 0.1) is 0 Å². The number of hydrogen-bond acceptors (Lipinski definition) is 3. The molecule has 1 aliphatic carbocycles. The average Bonchev–Trinajstić information content (AvgIpc) is 2.38. The zero-order chi connectivity index (χ0) is 13.7. The molecule has 0 saturated heterocycles. The molecule has 5 heteroatoms. The van der Waals surface area contributed by atoms with E-state index in [2.05, 4.69) is 31.9 Å². The molecule has 0 aliphatic heterocycles. The number of carbonyl (C=O) groups excluding carboxylic acids is 1. The van der Waals surface area contributed by atoms with Crippen molar-refractivity contribution in [1.82, 2.24) is 0 Å². The molecule has 0 unspecified atom stereocenters. The number of halogens is 2. The zero-order valence-corrected chi connectivity index (χ0v) is 13.0. The van der Waals surface area contributed by atoms with Gasteiger partial charge in [-0.1, -0.05) is 15.9 Å². The van der Waals surface area contributed by atoms with Gasteiger partial charge in [-0.15, -0.1) is 0 Å². The largest absolute Gasteiger partial charge is 0.507 e. The molecule has 0 fully saturated rings. The lowest BCUT2D eigenvalue weighted by Gasteiger charge is -2.21. The Labute approximate surface area is 126 Å². The van der Waals surface area contributed by atoms with Crippen molar-refractivity contribution in [3.05, 3.63) is 32.2 Å². The first-order chi connectivity index (χ1) is 9.02. The molecule has 2 aromatic carbocycles. The molecule has 0 spiro atoms. The van der Waals surface area contributed by atoms with Gasteiger partial charge in [0.25, 0.3) is 0 Å². The van der Waals surface area contributed by atoms with E-state index >= 15 is 0 Å². The van der Waals surface area contributed by atoms with Crippen LogP contribution in [0.5, 0.6) is 11.5 Å². The van der Waals surface area contributed by atoms with Crippen molar-refractivity contribution in [2.75, 3.05) is 0 Å². The van der Waals surface area contributed by atoms with Crippen molar-refractivity contribution >= 4 is 48.4 Å². The van der Waals surface area contributed by atoms with Crippen LogP contribution in [0.4, 0.5) is 0 Å². The third-order valence-corrected chi connectivity index (χ3v) is 5.04. The molecule has 2 N–H and O–H groups in total. The molecule has 3 nitrogen and oxygen atoms in total. The number of hydrogen-bond donors (Lipinski definition) is 2. The minimum absolute atomic E-state index is 0.0300. The fraction of sp³-hybridized carbons (Fsp3) is 0.214. The van der Waals surface area contributed by atoms with E-state index < -0.39 is 0 Å². The summed E-state index contributed by atoms with van der Waals surface area (Å²) in [7, 11) is 0. The van der Waals surface area contributed by atoms with E-state index in [0.29, 0.717) is 22.8 Å². The van der Waals surface area contributed by atoms with Crippen LogP contribution < -0.4 is 0 Å². The fourth-order valence-corrected chi connectivity index (χ4v) is 4.24. The number of phenols is 2. The third-order valence-electron chi connectivity index (χ3n) is 3.50. The second kappa shape index (κ2) is 4.49. The Bertz CT molecular complexity index is 723. The first-order valence-electron chi connectivity index (χ1n) is 5.90. The molecule has 0 saturated carbocycles. The van der Waals surface area contributed by atoms with Crippen molar-refractivity contribution in [3.63, 3.8) is 0 Å². The van der Waals surface area contributed by atoms with Gasteiger partial charge >= 0.3 is 0 Å². The maximum Gasteiger partial charge on any atom is 0.166 e. The number of carbonyl (C=O) groups is 1. The number of rotatable bonds is 0. The highest BCUT2D eigenvalue weighted by Crippen LogP contribution is 2.47. The maximum absolute atomic E-state index is 12.0. The van der Waals surface area contributed by atoms with Crippen LogP contribution in [0.1, 0.15) is 28.8 Å². The van der Waals surface area contributed by atoms with Gasteiger partial charge in [0.15, 0.2) is 5.78 Å². The molecular formula is C14H10Br2O3. The van der Waals surface area contributed by atoms with Gasteiger partial charge in [-0.3, -0.25) is 4.79 Å². The SMILES string of the molecule is O=C1CCCc2c1c(O)c1c(O)ccc(Br)c1c2Br. The normalized spacial score (nSPS) is 14.7. The summed E-state index contributed by atoms with van der Waals surface area (Å²) in [5.41, 5.74) is 1.17. The summed E-state index contributed by atoms with van der Waals surface area (Å²) in [5, 5.41) is 21.4. The highest BCUT2D eigenvalue weighted by Gasteiger charge is 2.27. The van der Waals surface area contributed by atoms with Gasteiger partial charge < -0.3 is 10.2 Å². The molecule has 19 heavy (non-hydrogen) atoms. The number of aromatic hydroxyl groups is 2. The van der Waals surface area contributed by atoms with E-state index in [1.54, 1.807) is 6.07 Å². The van der Waals surface area contributed by atoms with E-state index in [1.165, 1.54) is 6.07 Å². The number of phenolic OH excluding ortho intramolecular Hbond substituents is 2. The van der Waals surface area contributed by atoms with Crippen LogP contribution in [-0.2, 0) is 6.42 Å². The number of Topliss-reactive ketones (excluding diaryl/α,β-unsaturated/α-hetero) is 1. The summed E-state index contributed by atoms with van der Waals surface area (Å²) in [6.07, 6.45) is 1.96. The van der Waals surface area contributed by atoms with Gasteiger partial charge in [-0.05, 0) is 46.5 Å². The number of benzene rings is 2. The van der Waals surface area contributed by atoms with E-state index in [0.717, 1.165) is 27.4 Å². The highest BCUT2D eigenvalue weighted by molar-refractivity contribution is 9.11. The Balaban J connectivity index is 2.56.